The Kier molecular flexibility index (Phi) is 7.52. The Morgan fingerprint density at radius 1 is 0.367 bits per heavy atom. The second kappa shape index (κ2) is 13.0. The molecule has 0 amide bonds. The number of aromatic nitrogens is 1. The quantitative estimate of drug-likeness (QED) is 0.169. The molecule has 0 bridgehead atoms. The summed E-state index contributed by atoms with van der Waals surface area (Å²) in [6.45, 7) is 4.87. The average Bonchev–Trinajstić information content (AvgIpc) is 3.65. The standard InChI is InChI=1S/C58H42N2/c1-57(2)47-23-10-11-24-48(47)58(49-25-12-14-29-53(49)60-52-28-13-9-21-45(52)46-22-15-27-51(58)56(46)60)50-26-16-30-54(55(50)57)59(43-35-31-41(32-36-43)39-17-5-3-6-18-39)44-37-33-42(34-38-44)40-19-7-4-8-20-40/h3-38H,1-2H3. The van der Waals surface area contributed by atoms with Crippen LogP contribution in [0.1, 0.15) is 47.2 Å². The van der Waals surface area contributed by atoms with E-state index in [2.05, 4.69) is 242 Å². The van der Waals surface area contributed by atoms with Crippen molar-refractivity contribution in [3.05, 3.63) is 252 Å². The molecule has 1 aliphatic heterocycles. The Balaban J connectivity index is 1.17. The summed E-state index contributed by atoms with van der Waals surface area (Å²) in [5.41, 5.74) is 19.0. The fourth-order valence-corrected chi connectivity index (χ4v) is 10.9. The third-order valence-corrected chi connectivity index (χ3v) is 13.4. The molecule has 2 heterocycles. The van der Waals surface area contributed by atoms with Crippen LogP contribution < -0.4 is 4.90 Å². The summed E-state index contributed by atoms with van der Waals surface area (Å²) in [6, 6.07) is 81.0. The molecule has 1 aliphatic carbocycles. The summed E-state index contributed by atoms with van der Waals surface area (Å²) in [4.78, 5) is 2.50. The number of hydrogen-bond acceptors (Lipinski definition) is 1. The van der Waals surface area contributed by atoms with Gasteiger partial charge in [-0.3, -0.25) is 0 Å². The van der Waals surface area contributed by atoms with Gasteiger partial charge < -0.3 is 9.47 Å². The lowest BCUT2D eigenvalue weighted by atomic mass is 9.53. The Labute approximate surface area is 351 Å². The van der Waals surface area contributed by atoms with Crippen molar-refractivity contribution < 1.29 is 0 Å². The predicted octanol–water partition coefficient (Wildman–Crippen LogP) is 14.9. The zero-order chi connectivity index (χ0) is 40.0. The lowest BCUT2D eigenvalue weighted by Crippen LogP contribution is -2.44. The van der Waals surface area contributed by atoms with Crippen LogP contribution in [0.25, 0.3) is 49.7 Å². The zero-order valence-electron chi connectivity index (χ0n) is 33.7. The maximum atomic E-state index is 2.53. The Hall–Kier alpha value is -7.42. The molecule has 9 aromatic carbocycles. The highest BCUT2D eigenvalue weighted by atomic mass is 15.1. The summed E-state index contributed by atoms with van der Waals surface area (Å²) < 4.78 is 2.53. The highest BCUT2D eigenvalue weighted by Gasteiger charge is 2.53. The van der Waals surface area contributed by atoms with Crippen LogP contribution in [-0.2, 0) is 10.8 Å². The summed E-state index contributed by atoms with van der Waals surface area (Å²) in [5, 5.41) is 2.57. The van der Waals surface area contributed by atoms with Crippen molar-refractivity contribution in [2.75, 3.05) is 4.90 Å². The molecule has 0 fully saturated rings. The van der Waals surface area contributed by atoms with E-state index in [1.54, 1.807) is 0 Å². The number of benzene rings is 9. The first-order chi connectivity index (χ1) is 29.5. The number of fused-ring (bicyclic) bond motifs is 11. The number of anilines is 3. The van der Waals surface area contributed by atoms with Crippen LogP contribution in [0.5, 0.6) is 0 Å². The van der Waals surface area contributed by atoms with Gasteiger partial charge in [0, 0.05) is 27.6 Å². The van der Waals surface area contributed by atoms with Crippen molar-refractivity contribution in [1.82, 2.24) is 4.57 Å². The van der Waals surface area contributed by atoms with Crippen molar-refractivity contribution in [1.29, 1.82) is 0 Å². The van der Waals surface area contributed by atoms with Gasteiger partial charge in [-0.1, -0.05) is 190 Å². The highest BCUT2D eigenvalue weighted by Crippen LogP contribution is 2.62. The molecule has 1 spiro atoms. The van der Waals surface area contributed by atoms with Crippen LogP contribution in [0.15, 0.2) is 218 Å². The lowest BCUT2D eigenvalue weighted by molar-refractivity contribution is 0.557. The van der Waals surface area contributed by atoms with Crippen LogP contribution in [0, 0.1) is 0 Å². The first-order valence-electron chi connectivity index (χ1n) is 21.0. The van der Waals surface area contributed by atoms with Gasteiger partial charge in [0.15, 0.2) is 0 Å². The number of para-hydroxylation sites is 3. The largest absolute Gasteiger partial charge is 0.310 e. The van der Waals surface area contributed by atoms with Gasteiger partial charge in [0.25, 0.3) is 0 Å². The van der Waals surface area contributed by atoms with E-state index in [0.717, 1.165) is 11.4 Å². The molecular weight excluding hydrogens is 725 g/mol. The molecule has 2 aliphatic rings. The first-order valence-corrected chi connectivity index (χ1v) is 21.0. The van der Waals surface area contributed by atoms with Gasteiger partial charge in [0.2, 0.25) is 0 Å². The molecule has 1 unspecified atom stereocenters. The molecule has 2 nitrogen and oxygen atoms in total. The van der Waals surface area contributed by atoms with Gasteiger partial charge in [-0.05, 0) is 98.1 Å². The second-order valence-corrected chi connectivity index (χ2v) is 16.9. The van der Waals surface area contributed by atoms with Crippen LogP contribution in [0.3, 0.4) is 0 Å². The molecule has 0 N–H and O–H groups in total. The molecule has 1 atom stereocenters. The third kappa shape index (κ3) is 4.76. The molecule has 0 radical (unpaired) electrons. The van der Waals surface area contributed by atoms with Gasteiger partial charge in [0.1, 0.15) is 0 Å². The summed E-state index contributed by atoms with van der Waals surface area (Å²) in [7, 11) is 0. The smallest absolute Gasteiger partial charge is 0.0749 e. The van der Waals surface area contributed by atoms with E-state index in [4.69, 9.17) is 0 Å². The maximum absolute atomic E-state index is 2.53. The maximum Gasteiger partial charge on any atom is 0.0749 e. The SMILES string of the molecule is CC1(C)c2ccccc2C2(c3ccccc3-n3c4ccccc4c4cccc2c43)c2cccc(N(c3ccc(-c4ccccc4)cc3)c3ccc(-c4ccccc4)cc3)c21. The van der Waals surface area contributed by atoms with E-state index in [1.807, 2.05) is 0 Å². The molecule has 284 valence electrons. The van der Waals surface area contributed by atoms with E-state index in [-0.39, 0.29) is 5.41 Å². The van der Waals surface area contributed by atoms with Gasteiger partial charge >= 0.3 is 0 Å². The molecule has 12 rings (SSSR count). The fourth-order valence-electron chi connectivity index (χ4n) is 10.9. The fraction of sp³-hybridized carbons (Fsp3) is 0.0690. The van der Waals surface area contributed by atoms with Gasteiger partial charge in [-0.2, -0.15) is 0 Å². The topological polar surface area (TPSA) is 8.17 Å². The van der Waals surface area contributed by atoms with E-state index in [0.29, 0.717) is 0 Å². The van der Waals surface area contributed by atoms with E-state index < -0.39 is 5.41 Å². The van der Waals surface area contributed by atoms with E-state index >= 15 is 0 Å². The second-order valence-electron chi connectivity index (χ2n) is 16.9. The molecular formula is C58H42N2. The summed E-state index contributed by atoms with van der Waals surface area (Å²) in [6.07, 6.45) is 0. The van der Waals surface area contributed by atoms with Crippen LogP contribution >= 0.6 is 0 Å². The van der Waals surface area contributed by atoms with Crippen molar-refractivity contribution in [2.24, 2.45) is 0 Å². The zero-order valence-corrected chi connectivity index (χ0v) is 33.7. The minimum atomic E-state index is -0.585. The molecule has 2 heteroatoms. The number of rotatable bonds is 5. The number of nitrogens with zero attached hydrogens (tertiary/aromatic N) is 2. The van der Waals surface area contributed by atoms with Gasteiger partial charge in [0.05, 0.1) is 27.8 Å². The van der Waals surface area contributed by atoms with E-state index in [1.165, 1.54) is 88.8 Å². The lowest BCUT2D eigenvalue weighted by Gasteiger charge is -2.51. The van der Waals surface area contributed by atoms with Crippen molar-refractivity contribution in [3.63, 3.8) is 0 Å². The Bertz CT molecular complexity index is 3180. The van der Waals surface area contributed by atoms with Gasteiger partial charge in [-0.25, -0.2) is 0 Å². The molecule has 60 heavy (non-hydrogen) atoms. The summed E-state index contributed by atoms with van der Waals surface area (Å²) in [5.74, 6) is 0. The molecule has 0 saturated carbocycles. The van der Waals surface area contributed by atoms with Crippen molar-refractivity contribution in [3.8, 4) is 27.9 Å². The van der Waals surface area contributed by atoms with Crippen molar-refractivity contribution >= 4 is 38.9 Å². The number of hydrogen-bond donors (Lipinski definition) is 0. The molecule has 10 aromatic rings. The normalized spacial score (nSPS) is 15.7. The Morgan fingerprint density at radius 2 is 0.850 bits per heavy atom. The van der Waals surface area contributed by atoms with E-state index in [9.17, 15) is 0 Å². The average molecular weight is 767 g/mol. The van der Waals surface area contributed by atoms with Crippen LogP contribution in [0.2, 0.25) is 0 Å². The minimum Gasteiger partial charge on any atom is -0.310 e. The minimum absolute atomic E-state index is 0.354. The Morgan fingerprint density at radius 3 is 1.52 bits per heavy atom. The summed E-state index contributed by atoms with van der Waals surface area (Å²) >= 11 is 0. The van der Waals surface area contributed by atoms with Gasteiger partial charge in [-0.15, -0.1) is 0 Å². The first kappa shape index (κ1) is 34.6. The third-order valence-electron chi connectivity index (χ3n) is 13.4. The predicted molar refractivity (Wildman–Crippen MR) is 250 cm³/mol. The molecule has 1 aromatic heterocycles. The molecule has 0 saturated heterocycles. The monoisotopic (exact) mass is 766 g/mol. The van der Waals surface area contributed by atoms with Crippen molar-refractivity contribution in [2.45, 2.75) is 24.7 Å². The van der Waals surface area contributed by atoms with Crippen LogP contribution in [-0.4, -0.2) is 4.57 Å². The van der Waals surface area contributed by atoms with Crippen LogP contribution in [0.4, 0.5) is 17.1 Å². The highest BCUT2D eigenvalue weighted by molar-refractivity contribution is 6.12.